The van der Waals surface area contributed by atoms with Crippen LogP contribution in [0.4, 0.5) is 5.69 Å². The summed E-state index contributed by atoms with van der Waals surface area (Å²) in [5.74, 6) is 0. The molecule has 0 atom stereocenters. The summed E-state index contributed by atoms with van der Waals surface area (Å²) in [5.41, 5.74) is 10.8. The summed E-state index contributed by atoms with van der Waals surface area (Å²) >= 11 is 0. The van der Waals surface area contributed by atoms with Crippen LogP contribution in [-0.2, 0) is 19.4 Å². The zero-order chi connectivity index (χ0) is 13.7. The van der Waals surface area contributed by atoms with Gasteiger partial charge in [-0.05, 0) is 42.7 Å². The van der Waals surface area contributed by atoms with E-state index in [4.69, 9.17) is 5.73 Å². The Morgan fingerprint density at radius 3 is 2.53 bits per heavy atom. The summed E-state index contributed by atoms with van der Waals surface area (Å²) in [6.07, 6.45) is 4.54. The van der Waals surface area contributed by atoms with Crippen molar-refractivity contribution in [3.63, 3.8) is 0 Å². The van der Waals surface area contributed by atoms with Crippen molar-refractivity contribution < 1.29 is 0 Å². The first-order valence-corrected chi connectivity index (χ1v) is 7.26. The molecule has 0 unspecified atom stereocenters. The van der Waals surface area contributed by atoms with Gasteiger partial charge in [-0.2, -0.15) is 0 Å². The van der Waals surface area contributed by atoms with Crippen LogP contribution in [0.3, 0.4) is 0 Å². The highest BCUT2D eigenvalue weighted by molar-refractivity contribution is 5.42. The molecule has 1 aromatic heterocycles. The molecule has 0 aliphatic rings. The van der Waals surface area contributed by atoms with E-state index in [2.05, 4.69) is 42.7 Å². The molecule has 1 aromatic carbocycles. The van der Waals surface area contributed by atoms with Crippen molar-refractivity contribution in [2.45, 2.75) is 46.1 Å². The van der Waals surface area contributed by atoms with Gasteiger partial charge in [0.15, 0.2) is 0 Å². The first kappa shape index (κ1) is 13.7. The van der Waals surface area contributed by atoms with Gasteiger partial charge in [-0.1, -0.05) is 32.4 Å². The number of hydrogen-bond acceptors (Lipinski definition) is 1. The summed E-state index contributed by atoms with van der Waals surface area (Å²) < 4.78 is 2.48. The third kappa shape index (κ3) is 3.40. The molecule has 2 heteroatoms. The molecule has 19 heavy (non-hydrogen) atoms. The minimum atomic E-state index is 0.847. The van der Waals surface area contributed by atoms with E-state index in [1.165, 1.54) is 29.8 Å². The predicted octanol–water partition coefficient (Wildman–Crippen LogP) is 4.02. The zero-order valence-electron chi connectivity index (χ0n) is 12.0. The van der Waals surface area contributed by atoms with Crippen molar-refractivity contribution in [3.8, 4) is 0 Å². The number of anilines is 1. The van der Waals surface area contributed by atoms with E-state index in [0.717, 1.165) is 25.1 Å². The molecule has 0 saturated heterocycles. The summed E-state index contributed by atoms with van der Waals surface area (Å²) in [6.45, 7) is 5.60. The number of hydrogen-bond donors (Lipinski definition) is 1. The van der Waals surface area contributed by atoms with Crippen molar-refractivity contribution in [1.29, 1.82) is 0 Å². The van der Waals surface area contributed by atoms with Gasteiger partial charge in [-0.3, -0.25) is 0 Å². The van der Waals surface area contributed by atoms with E-state index in [-0.39, 0.29) is 0 Å². The van der Waals surface area contributed by atoms with E-state index in [9.17, 15) is 0 Å². The topological polar surface area (TPSA) is 30.9 Å². The van der Waals surface area contributed by atoms with Crippen LogP contribution in [0.1, 0.15) is 43.6 Å². The van der Waals surface area contributed by atoms with Gasteiger partial charge in [0.25, 0.3) is 0 Å². The fourth-order valence-corrected chi connectivity index (χ4v) is 2.54. The van der Waals surface area contributed by atoms with Crippen LogP contribution >= 0.6 is 0 Å². The van der Waals surface area contributed by atoms with Gasteiger partial charge in [0.2, 0.25) is 0 Å². The van der Waals surface area contributed by atoms with Crippen molar-refractivity contribution in [3.05, 3.63) is 53.3 Å². The Morgan fingerprint density at radius 1 is 1.05 bits per heavy atom. The average Bonchev–Trinajstić information content (AvgIpc) is 2.78. The number of rotatable bonds is 6. The van der Waals surface area contributed by atoms with E-state index in [1.807, 2.05) is 12.1 Å². The van der Waals surface area contributed by atoms with E-state index >= 15 is 0 Å². The van der Waals surface area contributed by atoms with Crippen LogP contribution in [0, 0.1) is 0 Å². The molecule has 0 fully saturated rings. The molecule has 2 aromatic rings. The maximum absolute atomic E-state index is 5.86. The standard InChI is InChI=1S/C17H24N2/c1-3-5-11-19-16(4-2)9-10-17(19)13-14-7-6-8-15(18)12-14/h6-10,12H,3-5,11,13,18H2,1-2H3. The summed E-state index contributed by atoms with van der Waals surface area (Å²) in [6, 6.07) is 12.7. The van der Waals surface area contributed by atoms with Crippen LogP contribution in [0.2, 0.25) is 0 Å². The Kier molecular flexibility index (Phi) is 4.67. The lowest BCUT2D eigenvalue weighted by molar-refractivity contribution is 0.595. The van der Waals surface area contributed by atoms with Gasteiger partial charge >= 0.3 is 0 Å². The number of aryl methyl sites for hydroxylation is 1. The van der Waals surface area contributed by atoms with Gasteiger partial charge in [0, 0.05) is 30.0 Å². The Bertz CT molecular complexity index is 526. The van der Waals surface area contributed by atoms with Crippen LogP contribution < -0.4 is 5.73 Å². The number of unbranched alkanes of at least 4 members (excludes halogenated alkanes) is 1. The number of nitrogens with two attached hydrogens (primary N) is 1. The molecular weight excluding hydrogens is 232 g/mol. The molecule has 2 N–H and O–H groups in total. The second-order valence-electron chi connectivity index (χ2n) is 5.10. The summed E-state index contributed by atoms with van der Waals surface area (Å²) in [4.78, 5) is 0. The van der Waals surface area contributed by atoms with E-state index in [0.29, 0.717) is 0 Å². The fraction of sp³-hybridized carbons (Fsp3) is 0.412. The third-order valence-electron chi connectivity index (χ3n) is 3.60. The van der Waals surface area contributed by atoms with Gasteiger partial charge in [-0.15, -0.1) is 0 Å². The monoisotopic (exact) mass is 256 g/mol. The van der Waals surface area contributed by atoms with Gasteiger partial charge < -0.3 is 10.3 Å². The first-order chi connectivity index (χ1) is 9.24. The molecule has 0 spiro atoms. The number of benzene rings is 1. The second kappa shape index (κ2) is 6.46. The largest absolute Gasteiger partial charge is 0.399 e. The lowest BCUT2D eigenvalue weighted by Gasteiger charge is -2.12. The first-order valence-electron chi connectivity index (χ1n) is 7.26. The van der Waals surface area contributed by atoms with Crippen molar-refractivity contribution >= 4 is 5.69 Å². The van der Waals surface area contributed by atoms with Crippen LogP contribution in [0.15, 0.2) is 36.4 Å². The molecule has 102 valence electrons. The SMILES string of the molecule is CCCCn1c(CC)ccc1Cc1cccc(N)c1. The van der Waals surface area contributed by atoms with E-state index < -0.39 is 0 Å². The lowest BCUT2D eigenvalue weighted by Crippen LogP contribution is -2.07. The molecule has 0 aliphatic carbocycles. The van der Waals surface area contributed by atoms with Crippen LogP contribution in [0.25, 0.3) is 0 Å². The minimum absolute atomic E-state index is 0.847. The highest BCUT2D eigenvalue weighted by atomic mass is 15.0. The Labute approximate surface area is 116 Å². The highest BCUT2D eigenvalue weighted by Crippen LogP contribution is 2.17. The Balaban J connectivity index is 2.21. The number of nitrogen functional groups attached to an aromatic ring is 1. The van der Waals surface area contributed by atoms with Gasteiger partial charge in [0.1, 0.15) is 0 Å². The minimum Gasteiger partial charge on any atom is -0.399 e. The maximum atomic E-state index is 5.86. The van der Waals surface area contributed by atoms with Crippen molar-refractivity contribution in [2.24, 2.45) is 0 Å². The van der Waals surface area contributed by atoms with Gasteiger partial charge in [-0.25, -0.2) is 0 Å². The molecule has 2 nitrogen and oxygen atoms in total. The Morgan fingerprint density at radius 2 is 1.84 bits per heavy atom. The lowest BCUT2D eigenvalue weighted by atomic mass is 10.1. The quantitative estimate of drug-likeness (QED) is 0.777. The zero-order valence-corrected chi connectivity index (χ0v) is 12.0. The van der Waals surface area contributed by atoms with Crippen molar-refractivity contribution in [1.82, 2.24) is 4.57 Å². The van der Waals surface area contributed by atoms with Crippen LogP contribution in [-0.4, -0.2) is 4.57 Å². The smallest absolute Gasteiger partial charge is 0.0316 e. The summed E-state index contributed by atoms with van der Waals surface area (Å²) in [5, 5.41) is 0. The highest BCUT2D eigenvalue weighted by Gasteiger charge is 2.07. The average molecular weight is 256 g/mol. The van der Waals surface area contributed by atoms with Crippen LogP contribution in [0.5, 0.6) is 0 Å². The van der Waals surface area contributed by atoms with Crippen molar-refractivity contribution in [2.75, 3.05) is 5.73 Å². The number of nitrogens with zero attached hydrogens (tertiary/aromatic N) is 1. The normalized spacial score (nSPS) is 10.8. The third-order valence-corrected chi connectivity index (χ3v) is 3.60. The molecule has 0 saturated carbocycles. The number of aromatic nitrogens is 1. The van der Waals surface area contributed by atoms with Gasteiger partial charge in [0.05, 0.1) is 0 Å². The molecule has 0 bridgehead atoms. The molecule has 2 rings (SSSR count). The van der Waals surface area contributed by atoms with E-state index in [1.54, 1.807) is 0 Å². The molecule has 0 aliphatic heterocycles. The molecule has 0 amide bonds. The fourth-order valence-electron chi connectivity index (χ4n) is 2.54. The second-order valence-corrected chi connectivity index (χ2v) is 5.10. The maximum Gasteiger partial charge on any atom is 0.0316 e. The summed E-state index contributed by atoms with van der Waals surface area (Å²) in [7, 11) is 0. The molecule has 0 radical (unpaired) electrons. The molecule has 1 heterocycles. The Hall–Kier alpha value is -1.70. The predicted molar refractivity (Wildman–Crippen MR) is 82.4 cm³/mol. The molecular formula is C17H24N2.